The van der Waals surface area contributed by atoms with Crippen LogP contribution < -0.4 is 16.0 Å². The number of carbonyl (C=O) groups excluding carboxylic acids is 2. The van der Waals surface area contributed by atoms with Crippen LogP contribution in [0.2, 0.25) is 0 Å². The number of pyridine rings is 2. The van der Waals surface area contributed by atoms with Crippen LogP contribution >= 0.6 is 0 Å². The maximum absolute atomic E-state index is 13.5. The van der Waals surface area contributed by atoms with Gasteiger partial charge < -0.3 is 25.4 Å². The van der Waals surface area contributed by atoms with Gasteiger partial charge in [0.2, 0.25) is 0 Å². The summed E-state index contributed by atoms with van der Waals surface area (Å²) >= 11 is 0. The molecule has 5 rings (SSSR count). The highest BCUT2D eigenvalue weighted by atomic mass is 19.4. The van der Waals surface area contributed by atoms with Gasteiger partial charge in [0.15, 0.2) is 5.69 Å². The lowest BCUT2D eigenvalue weighted by atomic mass is 9.91. The summed E-state index contributed by atoms with van der Waals surface area (Å²) in [6.07, 6.45) is -1.71. The molecule has 0 radical (unpaired) electrons. The van der Waals surface area contributed by atoms with Gasteiger partial charge in [0, 0.05) is 62.6 Å². The summed E-state index contributed by atoms with van der Waals surface area (Å²) in [5.41, 5.74) is 6.74. The number of primary amides is 1. The summed E-state index contributed by atoms with van der Waals surface area (Å²) in [4.78, 5) is 34.9. The number of aromatic nitrogens is 2. The van der Waals surface area contributed by atoms with Crippen molar-refractivity contribution in [3.63, 3.8) is 0 Å². The highest BCUT2D eigenvalue weighted by Crippen LogP contribution is 2.36. The number of alkyl halides is 3. The average Bonchev–Trinajstić information content (AvgIpc) is 2.97. The van der Waals surface area contributed by atoms with E-state index in [1.165, 1.54) is 6.07 Å². The summed E-state index contributed by atoms with van der Waals surface area (Å²) in [5, 5.41) is 2.62. The summed E-state index contributed by atoms with van der Waals surface area (Å²) in [5.74, 6) is 0.0810. The molecular weight excluding hydrogens is 563 g/mol. The predicted octanol–water partition coefficient (Wildman–Crippen LogP) is 6.07. The Morgan fingerprint density at radius 1 is 1.12 bits per heavy atom. The number of aryl methyl sites for hydroxylation is 1. The van der Waals surface area contributed by atoms with E-state index in [0.29, 0.717) is 44.8 Å². The van der Waals surface area contributed by atoms with Gasteiger partial charge in [0.25, 0.3) is 5.91 Å². The summed E-state index contributed by atoms with van der Waals surface area (Å²) in [7, 11) is 0. The van der Waals surface area contributed by atoms with E-state index in [9.17, 15) is 22.8 Å². The summed E-state index contributed by atoms with van der Waals surface area (Å²) < 4.78 is 51.4. The van der Waals surface area contributed by atoms with Crippen molar-refractivity contribution in [1.82, 2.24) is 9.97 Å². The first-order valence-corrected chi connectivity index (χ1v) is 14.2. The number of nitrogens with one attached hydrogen (secondary N) is 1. The van der Waals surface area contributed by atoms with Gasteiger partial charge in [-0.25, -0.2) is 9.78 Å². The van der Waals surface area contributed by atoms with Gasteiger partial charge in [-0.2, -0.15) is 13.2 Å². The van der Waals surface area contributed by atoms with Crippen LogP contribution in [0.3, 0.4) is 0 Å². The maximum atomic E-state index is 13.5. The van der Waals surface area contributed by atoms with E-state index in [2.05, 4.69) is 15.2 Å². The quantitative estimate of drug-likeness (QED) is 0.354. The fourth-order valence-corrected chi connectivity index (χ4v) is 5.63. The molecule has 0 atom stereocenters. The molecule has 0 bridgehead atoms. The van der Waals surface area contributed by atoms with Crippen LogP contribution in [0.25, 0.3) is 11.1 Å². The molecule has 0 unspecified atom stereocenters. The molecule has 43 heavy (non-hydrogen) atoms. The highest BCUT2D eigenvalue weighted by Gasteiger charge is 2.37. The van der Waals surface area contributed by atoms with Crippen molar-refractivity contribution in [2.75, 3.05) is 36.5 Å². The van der Waals surface area contributed by atoms with Crippen LogP contribution in [0.4, 0.5) is 29.5 Å². The number of benzene rings is 1. The topological polar surface area (TPSA) is 120 Å². The Bertz CT molecular complexity index is 1500. The molecule has 228 valence electrons. The fourth-order valence-electron chi connectivity index (χ4n) is 5.63. The summed E-state index contributed by atoms with van der Waals surface area (Å²) in [6.45, 7) is 6.31. The van der Waals surface area contributed by atoms with Crippen molar-refractivity contribution in [2.24, 2.45) is 5.73 Å². The van der Waals surface area contributed by atoms with E-state index in [1.54, 1.807) is 12.1 Å². The molecule has 1 aromatic carbocycles. The lowest BCUT2D eigenvalue weighted by Crippen LogP contribution is -2.46. The fraction of sp³-hybridized carbons (Fsp3) is 0.419. The number of ether oxygens (including phenoxy) is 2. The molecule has 12 heteroatoms. The molecular formula is C31H34F3N5O4. The Morgan fingerprint density at radius 2 is 1.84 bits per heavy atom. The molecule has 2 aliphatic rings. The van der Waals surface area contributed by atoms with Crippen LogP contribution in [0.1, 0.15) is 65.8 Å². The van der Waals surface area contributed by atoms with Crippen LogP contribution in [0.5, 0.6) is 0 Å². The standard InChI is InChI=1S/C31H34F3N5O4/c1-19-5-6-22(37-28(40)23-4-3-11-36-27(23)31(32,33)34)18-24(19)21-16-25(20-7-14-42-15-8-20)38-26(17-21)39-12-9-30(2,10-13-39)43-29(35)41/h3-6,11,16-18,20H,7-10,12-15H2,1-2H3,(H2,35,41)(H,37,40). The van der Waals surface area contributed by atoms with E-state index in [0.717, 1.165) is 53.3 Å². The first-order chi connectivity index (χ1) is 20.4. The second-order valence-corrected chi connectivity index (χ2v) is 11.3. The van der Waals surface area contributed by atoms with E-state index in [-0.39, 0.29) is 5.92 Å². The molecule has 3 N–H and O–H groups in total. The Kier molecular flexibility index (Phi) is 8.59. The second-order valence-electron chi connectivity index (χ2n) is 11.3. The van der Waals surface area contributed by atoms with Crippen molar-refractivity contribution in [2.45, 2.75) is 57.2 Å². The summed E-state index contributed by atoms with van der Waals surface area (Å²) in [6, 6.07) is 11.7. The van der Waals surface area contributed by atoms with E-state index in [1.807, 2.05) is 32.0 Å². The number of rotatable bonds is 6. The minimum absolute atomic E-state index is 0.204. The van der Waals surface area contributed by atoms with E-state index in [4.69, 9.17) is 20.2 Å². The molecule has 2 saturated heterocycles. The SMILES string of the molecule is Cc1ccc(NC(=O)c2cccnc2C(F)(F)F)cc1-c1cc(C2CCOCC2)nc(N2CCC(C)(OC(N)=O)CC2)c1. The molecule has 2 amide bonds. The number of halogens is 3. The van der Waals surface area contributed by atoms with Gasteiger partial charge in [-0.05, 0) is 79.8 Å². The van der Waals surface area contributed by atoms with Crippen LogP contribution in [-0.4, -0.2) is 53.9 Å². The number of hydrogen-bond donors (Lipinski definition) is 2. The molecule has 0 spiro atoms. The van der Waals surface area contributed by atoms with Gasteiger partial charge in [0.1, 0.15) is 11.4 Å². The molecule has 2 aromatic heterocycles. The molecule has 2 aliphatic heterocycles. The molecule has 4 heterocycles. The van der Waals surface area contributed by atoms with Gasteiger partial charge in [-0.1, -0.05) is 6.07 Å². The van der Waals surface area contributed by atoms with Crippen LogP contribution in [0.15, 0.2) is 48.7 Å². The minimum Gasteiger partial charge on any atom is -0.443 e. The third-order valence-electron chi connectivity index (χ3n) is 8.09. The third kappa shape index (κ3) is 7.07. The third-order valence-corrected chi connectivity index (χ3v) is 8.09. The molecule has 0 aliphatic carbocycles. The van der Waals surface area contributed by atoms with E-state index >= 15 is 0 Å². The van der Waals surface area contributed by atoms with E-state index < -0.39 is 35.0 Å². The number of piperidine rings is 1. The molecule has 2 fully saturated rings. The Labute approximate surface area is 247 Å². The normalized spacial score (nSPS) is 17.4. The molecule has 3 aromatic rings. The lowest BCUT2D eigenvalue weighted by Gasteiger charge is -2.39. The molecule has 0 saturated carbocycles. The van der Waals surface area contributed by atoms with Crippen molar-refractivity contribution in [3.05, 3.63) is 71.2 Å². The first-order valence-electron chi connectivity index (χ1n) is 14.2. The van der Waals surface area contributed by atoms with Crippen molar-refractivity contribution in [1.29, 1.82) is 0 Å². The number of carbonyl (C=O) groups is 2. The number of nitrogens with two attached hydrogens (primary N) is 1. The zero-order valence-electron chi connectivity index (χ0n) is 24.0. The monoisotopic (exact) mass is 597 g/mol. The Hall–Kier alpha value is -4.19. The zero-order chi connectivity index (χ0) is 30.8. The Balaban J connectivity index is 1.47. The highest BCUT2D eigenvalue weighted by molar-refractivity contribution is 6.05. The number of anilines is 2. The van der Waals surface area contributed by atoms with Crippen molar-refractivity contribution < 1.29 is 32.2 Å². The van der Waals surface area contributed by atoms with Crippen LogP contribution in [-0.2, 0) is 15.7 Å². The van der Waals surface area contributed by atoms with Gasteiger partial charge >= 0.3 is 12.3 Å². The second kappa shape index (κ2) is 12.2. The Morgan fingerprint density at radius 3 is 2.51 bits per heavy atom. The van der Waals surface area contributed by atoms with Gasteiger partial charge in [0.05, 0.1) is 5.56 Å². The first kappa shape index (κ1) is 30.3. The lowest BCUT2D eigenvalue weighted by molar-refractivity contribution is -0.141. The average molecular weight is 598 g/mol. The number of amides is 2. The smallest absolute Gasteiger partial charge is 0.434 e. The van der Waals surface area contributed by atoms with Crippen molar-refractivity contribution >= 4 is 23.5 Å². The number of nitrogens with zero attached hydrogens (tertiary/aromatic N) is 3. The minimum atomic E-state index is -4.77. The number of hydrogen-bond acceptors (Lipinski definition) is 7. The van der Waals surface area contributed by atoms with Gasteiger partial charge in [-0.3, -0.25) is 9.78 Å². The van der Waals surface area contributed by atoms with Gasteiger partial charge in [-0.15, -0.1) is 0 Å². The largest absolute Gasteiger partial charge is 0.443 e. The van der Waals surface area contributed by atoms with Crippen molar-refractivity contribution in [3.8, 4) is 11.1 Å². The zero-order valence-corrected chi connectivity index (χ0v) is 24.0. The maximum Gasteiger partial charge on any atom is 0.434 e. The molecule has 9 nitrogen and oxygen atoms in total. The predicted molar refractivity (Wildman–Crippen MR) is 155 cm³/mol. The van der Waals surface area contributed by atoms with Crippen LogP contribution in [0, 0.1) is 6.92 Å².